The third kappa shape index (κ3) is 11.2. The van der Waals surface area contributed by atoms with E-state index in [0.29, 0.717) is 11.0 Å². The molecule has 47 heavy (non-hydrogen) atoms. The summed E-state index contributed by atoms with van der Waals surface area (Å²) >= 11 is 3.88. The van der Waals surface area contributed by atoms with Crippen molar-refractivity contribution in [2.75, 3.05) is 24.7 Å². The lowest BCUT2D eigenvalue weighted by molar-refractivity contribution is -0.155. The molecule has 4 rings (SSSR count). The second kappa shape index (κ2) is 17.7. The summed E-state index contributed by atoms with van der Waals surface area (Å²) in [5.74, 6) is 1.55. The first-order chi connectivity index (χ1) is 22.4. The largest absolute Gasteiger partial charge is 0.492 e. The lowest BCUT2D eigenvalue weighted by Gasteiger charge is -2.32. The maximum atomic E-state index is 12.9. The number of carbonyl (C=O) groups excluding carboxylic acids is 1. The molecule has 0 amide bonds. The van der Waals surface area contributed by atoms with E-state index in [4.69, 9.17) is 19.3 Å². The van der Waals surface area contributed by atoms with Gasteiger partial charge in [-0.25, -0.2) is 4.79 Å². The Morgan fingerprint density at radius 1 is 0.787 bits per heavy atom. The number of thioether (sulfide) groups is 2. The molecule has 0 aliphatic heterocycles. The summed E-state index contributed by atoms with van der Waals surface area (Å²) in [6.45, 7) is 14.7. The number of carboxylic acids is 1. The van der Waals surface area contributed by atoms with Crippen LogP contribution in [0.15, 0.2) is 36.4 Å². The second-order valence-corrected chi connectivity index (χ2v) is 16.4. The number of ether oxygens (including phenoxy) is 3. The molecule has 0 bridgehead atoms. The Kier molecular flexibility index (Phi) is 14.0. The molecule has 0 aromatic heterocycles. The molecular weight excluding hydrogens is 629 g/mol. The molecule has 0 saturated heterocycles. The molecule has 1 atom stereocenters. The maximum absolute atomic E-state index is 12.9. The third-order valence-electron chi connectivity index (χ3n) is 9.18. The fourth-order valence-corrected chi connectivity index (χ4v) is 9.26. The lowest BCUT2D eigenvalue weighted by atomic mass is 9.96. The van der Waals surface area contributed by atoms with Gasteiger partial charge in [-0.3, -0.25) is 4.79 Å². The molecule has 6 nitrogen and oxygen atoms in total. The Balaban J connectivity index is 1.43. The Labute approximate surface area is 290 Å². The van der Waals surface area contributed by atoms with Crippen molar-refractivity contribution in [2.24, 2.45) is 0 Å². The van der Waals surface area contributed by atoms with Crippen LogP contribution in [0.3, 0.4) is 0 Å². The smallest absolute Gasteiger partial charge is 0.334 e. The van der Waals surface area contributed by atoms with Crippen LogP contribution in [0.2, 0.25) is 0 Å². The van der Waals surface area contributed by atoms with E-state index in [-0.39, 0.29) is 12.2 Å². The van der Waals surface area contributed by atoms with E-state index in [1.54, 1.807) is 0 Å². The zero-order chi connectivity index (χ0) is 34.0. The number of aliphatic carboxylic acids is 1. The van der Waals surface area contributed by atoms with Gasteiger partial charge in [-0.2, -0.15) is 23.5 Å². The standard InChI is InChI=1S/C39H54O6S2/c1-26-19-31(20-27(2)36(26)43-17-18-46-33-13-9-7-10-14-33)32-21-28(3)37(29(4)22-32)44-24-39(6,25-47-34-15-11-8-12-16-34)45-38(42)30(5)23-35(40)41/h19-22,33-34H,5,7-18,23-25H2,1-4,6H3,(H,40,41). The first kappa shape index (κ1) is 37.2. The first-order valence-electron chi connectivity index (χ1n) is 17.3. The minimum Gasteiger partial charge on any atom is -0.492 e. The molecule has 2 aromatic carbocycles. The van der Waals surface area contributed by atoms with Crippen molar-refractivity contribution in [1.29, 1.82) is 0 Å². The molecule has 0 radical (unpaired) electrons. The summed E-state index contributed by atoms with van der Waals surface area (Å²) in [5, 5.41) is 10.5. The molecule has 2 fully saturated rings. The quantitative estimate of drug-likeness (QED) is 0.106. The molecular formula is C39H54O6S2. The molecule has 2 saturated carbocycles. The van der Waals surface area contributed by atoms with Crippen molar-refractivity contribution in [1.82, 2.24) is 0 Å². The van der Waals surface area contributed by atoms with E-state index in [2.05, 4.69) is 56.5 Å². The van der Waals surface area contributed by atoms with E-state index < -0.39 is 24.0 Å². The normalized spacial score (nSPS) is 17.1. The highest BCUT2D eigenvalue weighted by Gasteiger charge is 2.33. The van der Waals surface area contributed by atoms with Gasteiger partial charge in [0.2, 0.25) is 0 Å². The lowest BCUT2D eigenvalue weighted by Crippen LogP contribution is -2.42. The minimum atomic E-state index is -1.11. The van der Waals surface area contributed by atoms with Crippen LogP contribution in [-0.2, 0) is 14.3 Å². The van der Waals surface area contributed by atoms with E-state index in [9.17, 15) is 9.59 Å². The Bertz CT molecular complexity index is 1350. The van der Waals surface area contributed by atoms with E-state index in [1.807, 2.05) is 32.5 Å². The Morgan fingerprint density at radius 3 is 1.74 bits per heavy atom. The van der Waals surface area contributed by atoms with Crippen LogP contribution >= 0.6 is 23.5 Å². The van der Waals surface area contributed by atoms with Crippen molar-refractivity contribution in [3.05, 3.63) is 58.7 Å². The van der Waals surface area contributed by atoms with Gasteiger partial charge in [-0.05, 0) is 118 Å². The van der Waals surface area contributed by atoms with Gasteiger partial charge in [-0.1, -0.05) is 45.1 Å². The van der Waals surface area contributed by atoms with Gasteiger partial charge in [0.05, 0.1) is 13.0 Å². The molecule has 1 unspecified atom stereocenters. The predicted molar refractivity (Wildman–Crippen MR) is 196 cm³/mol. The van der Waals surface area contributed by atoms with Crippen LogP contribution in [0.25, 0.3) is 11.1 Å². The third-order valence-corrected chi connectivity index (χ3v) is 12.2. The van der Waals surface area contributed by atoms with Gasteiger partial charge in [-0.15, -0.1) is 0 Å². The monoisotopic (exact) mass is 682 g/mol. The molecule has 2 aromatic rings. The number of hydrogen-bond donors (Lipinski definition) is 1. The second-order valence-electron chi connectivity index (χ2n) is 13.7. The van der Waals surface area contributed by atoms with Crippen LogP contribution in [-0.4, -0.2) is 57.9 Å². The highest BCUT2D eigenvalue weighted by atomic mass is 32.2. The van der Waals surface area contributed by atoms with Gasteiger partial charge >= 0.3 is 11.9 Å². The highest BCUT2D eigenvalue weighted by Crippen LogP contribution is 2.36. The number of hydrogen-bond acceptors (Lipinski definition) is 7. The fourth-order valence-electron chi connectivity index (χ4n) is 6.68. The van der Waals surface area contributed by atoms with Gasteiger partial charge in [0, 0.05) is 27.6 Å². The molecule has 2 aliphatic carbocycles. The van der Waals surface area contributed by atoms with Crippen LogP contribution in [0.1, 0.15) is 99.8 Å². The number of benzene rings is 2. The zero-order valence-electron chi connectivity index (χ0n) is 29.1. The maximum Gasteiger partial charge on any atom is 0.334 e. The summed E-state index contributed by atoms with van der Waals surface area (Å²) in [4.78, 5) is 24.0. The van der Waals surface area contributed by atoms with Gasteiger partial charge in [0.1, 0.15) is 18.1 Å². The highest BCUT2D eigenvalue weighted by molar-refractivity contribution is 8.00. The van der Waals surface area contributed by atoms with Gasteiger partial charge in [0.25, 0.3) is 0 Å². The average Bonchev–Trinajstić information content (AvgIpc) is 3.03. The summed E-state index contributed by atoms with van der Waals surface area (Å²) < 4.78 is 18.6. The number of esters is 1. The topological polar surface area (TPSA) is 82.1 Å². The molecule has 1 N–H and O–H groups in total. The van der Waals surface area contributed by atoms with Crippen molar-refractivity contribution >= 4 is 35.5 Å². The average molecular weight is 683 g/mol. The molecule has 258 valence electrons. The van der Waals surface area contributed by atoms with Crippen LogP contribution < -0.4 is 9.47 Å². The van der Waals surface area contributed by atoms with Crippen molar-refractivity contribution in [3.63, 3.8) is 0 Å². The zero-order valence-corrected chi connectivity index (χ0v) is 30.7. The molecule has 0 spiro atoms. The molecule has 0 heterocycles. The van der Waals surface area contributed by atoms with E-state index in [1.165, 1.54) is 51.4 Å². The van der Waals surface area contributed by atoms with Crippen LogP contribution in [0.4, 0.5) is 0 Å². The first-order valence-corrected chi connectivity index (χ1v) is 19.4. The van der Waals surface area contributed by atoms with Crippen LogP contribution in [0.5, 0.6) is 11.5 Å². The van der Waals surface area contributed by atoms with Crippen molar-refractivity contribution in [3.8, 4) is 22.6 Å². The summed E-state index contributed by atoms with van der Waals surface area (Å²) in [6.07, 6.45) is 12.4. The predicted octanol–water partition coefficient (Wildman–Crippen LogP) is 9.81. The van der Waals surface area contributed by atoms with Gasteiger partial charge in [0.15, 0.2) is 5.60 Å². The van der Waals surface area contributed by atoms with Crippen molar-refractivity contribution < 1.29 is 28.9 Å². The summed E-state index contributed by atoms with van der Waals surface area (Å²) in [7, 11) is 0. The van der Waals surface area contributed by atoms with Gasteiger partial charge < -0.3 is 19.3 Å². The number of rotatable bonds is 16. The molecule has 2 aliphatic rings. The summed E-state index contributed by atoms with van der Waals surface area (Å²) in [6, 6.07) is 8.70. The van der Waals surface area contributed by atoms with Crippen molar-refractivity contribution in [2.45, 2.75) is 121 Å². The number of carboxylic acid groups (broad SMARTS) is 1. The fraction of sp³-hybridized carbons (Fsp3) is 0.590. The molecule has 8 heteroatoms. The van der Waals surface area contributed by atoms with E-state index >= 15 is 0 Å². The summed E-state index contributed by atoms with van der Waals surface area (Å²) in [5.41, 5.74) is 5.51. The number of carbonyl (C=O) groups is 2. The Morgan fingerprint density at radius 2 is 1.26 bits per heavy atom. The minimum absolute atomic E-state index is 0.0663. The SMILES string of the molecule is C=C(CC(=O)O)C(=O)OC(C)(COc1c(C)cc(-c2cc(C)c(OCCSC3CCCCC3)c(C)c2)cc1C)CSC1CCCCC1. The Hall–Kier alpha value is -2.58. The number of aryl methyl sites for hydroxylation is 4. The van der Waals surface area contributed by atoms with E-state index in [0.717, 1.165) is 75.3 Å². The van der Waals surface area contributed by atoms with Crippen LogP contribution in [0, 0.1) is 27.7 Å².